The first-order valence-electron chi connectivity index (χ1n) is 6.00. The third-order valence-corrected chi connectivity index (χ3v) is 3.00. The molecule has 0 aliphatic heterocycles. The third-order valence-electron chi connectivity index (χ3n) is 3.00. The fourth-order valence-electron chi connectivity index (χ4n) is 2.01. The zero-order chi connectivity index (χ0) is 14.0. The second kappa shape index (κ2) is 5.38. The molecule has 0 unspecified atom stereocenters. The van der Waals surface area contributed by atoms with Crippen LogP contribution in [0.3, 0.4) is 0 Å². The van der Waals surface area contributed by atoms with Gasteiger partial charge in [-0.15, -0.1) is 0 Å². The van der Waals surface area contributed by atoms with Crippen molar-refractivity contribution in [2.45, 2.75) is 6.10 Å². The number of para-hydroxylation sites is 1. The van der Waals surface area contributed by atoms with Gasteiger partial charge in [0.1, 0.15) is 0 Å². The van der Waals surface area contributed by atoms with Gasteiger partial charge in [0.05, 0.1) is 18.2 Å². The van der Waals surface area contributed by atoms with Crippen LogP contribution in [0.4, 0.5) is 0 Å². The van der Waals surface area contributed by atoms with Crippen molar-refractivity contribution in [1.29, 1.82) is 0 Å². The molecular formula is C13H17N3O3. The quantitative estimate of drug-likeness (QED) is 0.813. The molecule has 102 valence electrons. The lowest BCUT2D eigenvalue weighted by Gasteiger charge is -2.18. The van der Waals surface area contributed by atoms with Crippen LogP contribution in [0.2, 0.25) is 0 Å². The standard InChI is InChI=1S/C13H17N3O3/c1-15(7-9(18)8-17)13(19)12-10-5-3-4-6-11(10)16(2)14-12/h3-6,9,17-18H,7-8H2,1-2H3/t9-/m0/s1. The Hall–Kier alpha value is -1.92. The molecule has 0 aliphatic rings. The Morgan fingerprint density at radius 2 is 2.16 bits per heavy atom. The van der Waals surface area contributed by atoms with Gasteiger partial charge in [0.2, 0.25) is 0 Å². The van der Waals surface area contributed by atoms with E-state index in [0.29, 0.717) is 5.69 Å². The maximum Gasteiger partial charge on any atom is 0.274 e. The van der Waals surface area contributed by atoms with Gasteiger partial charge >= 0.3 is 0 Å². The Bertz CT molecular complexity index is 594. The fourth-order valence-corrected chi connectivity index (χ4v) is 2.01. The van der Waals surface area contributed by atoms with E-state index in [0.717, 1.165) is 10.9 Å². The minimum atomic E-state index is -0.941. The minimum absolute atomic E-state index is 0.0697. The van der Waals surface area contributed by atoms with Crippen LogP contribution in [0.1, 0.15) is 10.5 Å². The summed E-state index contributed by atoms with van der Waals surface area (Å²) in [6, 6.07) is 7.47. The maximum atomic E-state index is 12.3. The van der Waals surface area contributed by atoms with Crippen molar-refractivity contribution in [2.24, 2.45) is 7.05 Å². The number of carbonyl (C=O) groups excluding carboxylic acids is 1. The number of nitrogens with zero attached hydrogens (tertiary/aromatic N) is 3. The molecule has 0 fully saturated rings. The van der Waals surface area contributed by atoms with E-state index in [1.54, 1.807) is 18.8 Å². The highest BCUT2D eigenvalue weighted by atomic mass is 16.3. The molecule has 0 aliphatic carbocycles. The van der Waals surface area contributed by atoms with Crippen LogP contribution in [-0.4, -0.2) is 57.1 Å². The van der Waals surface area contributed by atoms with Crippen molar-refractivity contribution in [3.8, 4) is 0 Å². The van der Waals surface area contributed by atoms with Gasteiger partial charge in [-0.3, -0.25) is 9.48 Å². The molecule has 0 radical (unpaired) electrons. The predicted molar refractivity (Wildman–Crippen MR) is 70.8 cm³/mol. The second-order valence-corrected chi connectivity index (χ2v) is 4.51. The molecule has 2 N–H and O–H groups in total. The molecule has 6 heteroatoms. The summed E-state index contributed by atoms with van der Waals surface area (Å²) in [7, 11) is 3.35. The highest BCUT2D eigenvalue weighted by Crippen LogP contribution is 2.18. The number of aromatic nitrogens is 2. The van der Waals surface area contributed by atoms with Crippen LogP contribution in [0.15, 0.2) is 24.3 Å². The van der Waals surface area contributed by atoms with E-state index in [1.807, 2.05) is 24.3 Å². The lowest BCUT2D eigenvalue weighted by molar-refractivity contribution is 0.0517. The highest BCUT2D eigenvalue weighted by molar-refractivity contribution is 6.04. The highest BCUT2D eigenvalue weighted by Gasteiger charge is 2.20. The smallest absolute Gasteiger partial charge is 0.274 e. The van der Waals surface area contributed by atoms with Gasteiger partial charge in [-0.25, -0.2) is 0 Å². The molecule has 0 saturated carbocycles. The lowest BCUT2D eigenvalue weighted by Crippen LogP contribution is -2.36. The summed E-state index contributed by atoms with van der Waals surface area (Å²) >= 11 is 0. The Labute approximate surface area is 110 Å². The van der Waals surface area contributed by atoms with Gasteiger partial charge in [0, 0.05) is 26.0 Å². The molecule has 0 saturated heterocycles. The average molecular weight is 263 g/mol. The summed E-state index contributed by atoms with van der Waals surface area (Å²) in [6.07, 6.45) is -0.941. The molecule has 0 bridgehead atoms. The number of aliphatic hydroxyl groups excluding tert-OH is 2. The Balaban J connectivity index is 2.31. The molecule has 1 aromatic carbocycles. The van der Waals surface area contributed by atoms with Crippen molar-refractivity contribution >= 4 is 16.8 Å². The molecular weight excluding hydrogens is 246 g/mol. The van der Waals surface area contributed by atoms with E-state index in [1.165, 1.54) is 4.90 Å². The van der Waals surface area contributed by atoms with Gasteiger partial charge in [-0.1, -0.05) is 18.2 Å². The van der Waals surface area contributed by atoms with Crippen LogP contribution in [0, 0.1) is 0 Å². The number of benzene rings is 1. The summed E-state index contributed by atoms with van der Waals surface area (Å²) in [5.74, 6) is -0.274. The van der Waals surface area contributed by atoms with Gasteiger partial charge in [0.25, 0.3) is 5.91 Å². The third kappa shape index (κ3) is 2.59. The number of amides is 1. The normalized spacial score (nSPS) is 12.6. The Kier molecular flexibility index (Phi) is 3.82. The van der Waals surface area contributed by atoms with E-state index in [9.17, 15) is 9.90 Å². The van der Waals surface area contributed by atoms with Gasteiger partial charge in [-0.2, -0.15) is 5.10 Å². The monoisotopic (exact) mass is 263 g/mol. The number of aryl methyl sites for hydroxylation is 1. The van der Waals surface area contributed by atoms with Crippen LogP contribution in [0.5, 0.6) is 0 Å². The van der Waals surface area contributed by atoms with E-state index < -0.39 is 6.10 Å². The number of rotatable bonds is 4. The van der Waals surface area contributed by atoms with E-state index in [-0.39, 0.29) is 19.1 Å². The van der Waals surface area contributed by atoms with E-state index in [4.69, 9.17) is 5.11 Å². The van der Waals surface area contributed by atoms with Gasteiger partial charge in [0.15, 0.2) is 5.69 Å². The summed E-state index contributed by atoms with van der Waals surface area (Å²) in [4.78, 5) is 13.6. The second-order valence-electron chi connectivity index (χ2n) is 4.51. The number of likely N-dealkylation sites (N-methyl/N-ethyl adjacent to an activating group) is 1. The number of carbonyl (C=O) groups is 1. The first-order valence-corrected chi connectivity index (χ1v) is 6.00. The molecule has 1 heterocycles. The molecule has 2 aromatic rings. The van der Waals surface area contributed by atoms with Crippen LogP contribution in [-0.2, 0) is 7.05 Å². The maximum absolute atomic E-state index is 12.3. The molecule has 19 heavy (non-hydrogen) atoms. The largest absolute Gasteiger partial charge is 0.394 e. The van der Waals surface area contributed by atoms with Crippen molar-refractivity contribution < 1.29 is 15.0 Å². The first-order chi connectivity index (χ1) is 9.04. The van der Waals surface area contributed by atoms with Crippen molar-refractivity contribution in [3.05, 3.63) is 30.0 Å². The molecule has 2 rings (SSSR count). The van der Waals surface area contributed by atoms with Crippen molar-refractivity contribution in [1.82, 2.24) is 14.7 Å². The van der Waals surface area contributed by atoms with Crippen LogP contribution < -0.4 is 0 Å². The van der Waals surface area contributed by atoms with Crippen molar-refractivity contribution in [2.75, 3.05) is 20.2 Å². The molecule has 1 aromatic heterocycles. The first kappa shape index (κ1) is 13.5. The topological polar surface area (TPSA) is 78.6 Å². The predicted octanol–water partition coefficient (Wildman–Crippen LogP) is -0.00150. The summed E-state index contributed by atoms with van der Waals surface area (Å²) in [5.41, 5.74) is 1.23. The zero-order valence-electron chi connectivity index (χ0n) is 10.9. The summed E-state index contributed by atoms with van der Waals surface area (Å²) < 4.78 is 1.65. The average Bonchev–Trinajstić information content (AvgIpc) is 2.75. The molecule has 0 spiro atoms. The number of hydrogen-bond donors (Lipinski definition) is 2. The summed E-state index contributed by atoms with van der Waals surface area (Å²) in [6.45, 7) is -0.305. The lowest BCUT2D eigenvalue weighted by atomic mass is 10.2. The van der Waals surface area contributed by atoms with Gasteiger partial charge < -0.3 is 15.1 Å². The van der Waals surface area contributed by atoms with E-state index in [2.05, 4.69) is 5.10 Å². The minimum Gasteiger partial charge on any atom is -0.394 e. The summed E-state index contributed by atoms with van der Waals surface area (Å²) in [5, 5.41) is 23.2. The van der Waals surface area contributed by atoms with E-state index >= 15 is 0 Å². The fraction of sp³-hybridized carbons (Fsp3) is 0.385. The van der Waals surface area contributed by atoms with Crippen molar-refractivity contribution in [3.63, 3.8) is 0 Å². The molecule has 1 amide bonds. The van der Waals surface area contributed by atoms with Crippen LogP contribution >= 0.6 is 0 Å². The van der Waals surface area contributed by atoms with Crippen LogP contribution in [0.25, 0.3) is 10.9 Å². The molecule has 6 nitrogen and oxygen atoms in total. The Morgan fingerprint density at radius 3 is 2.84 bits per heavy atom. The SMILES string of the molecule is CN(C[C@H](O)CO)C(=O)c1nn(C)c2ccccc12. The Morgan fingerprint density at radius 1 is 1.47 bits per heavy atom. The number of hydrogen-bond acceptors (Lipinski definition) is 4. The van der Waals surface area contributed by atoms with Gasteiger partial charge in [-0.05, 0) is 6.07 Å². The number of aliphatic hydroxyl groups is 2. The number of fused-ring (bicyclic) bond motifs is 1. The zero-order valence-corrected chi connectivity index (χ0v) is 10.9. The molecule has 1 atom stereocenters.